The zero-order chi connectivity index (χ0) is 22.7. The molecular formula is C22H22ClN5O2S2. The molecule has 32 heavy (non-hydrogen) atoms. The molecule has 1 unspecified atom stereocenters. The summed E-state index contributed by atoms with van der Waals surface area (Å²) in [6.45, 7) is 6.53. The highest BCUT2D eigenvalue weighted by atomic mass is 35.5. The highest BCUT2D eigenvalue weighted by Crippen LogP contribution is 2.28. The second kappa shape index (κ2) is 9.89. The number of carbonyl (C=O) groups is 1. The quantitative estimate of drug-likeness (QED) is 0.319. The molecule has 2 aromatic heterocycles. The van der Waals surface area contributed by atoms with Crippen LogP contribution < -0.4 is 10.1 Å². The average Bonchev–Trinajstić information content (AvgIpc) is 3.37. The highest BCUT2D eigenvalue weighted by Gasteiger charge is 2.20. The first-order valence-corrected chi connectivity index (χ1v) is 12.3. The van der Waals surface area contributed by atoms with Gasteiger partial charge in [-0.2, -0.15) is 0 Å². The molecule has 0 bridgehead atoms. The van der Waals surface area contributed by atoms with Crippen molar-refractivity contribution in [3.63, 3.8) is 0 Å². The summed E-state index contributed by atoms with van der Waals surface area (Å²) >= 11 is 8.89. The average molecular weight is 488 g/mol. The van der Waals surface area contributed by atoms with Crippen molar-refractivity contribution in [1.29, 1.82) is 0 Å². The van der Waals surface area contributed by atoms with Gasteiger partial charge in [0.1, 0.15) is 5.75 Å². The van der Waals surface area contributed by atoms with E-state index in [0.29, 0.717) is 27.7 Å². The van der Waals surface area contributed by atoms with E-state index in [1.54, 1.807) is 0 Å². The van der Waals surface area contributed by atoms with Crippen LogP contribution >= 0.6 is 34.7 Å². The Hall–Kier alpha value is -2.62. The smallest absolute Gasteiger partial charge is 0.236 e. The van der Waals surface area contributed by atoms with Crippen LogP contribution in [0.2, 0.25) is 5.02 Å². The molecule has 0 aliphatic carbocycles. The summed E-state index contributed by atoms with van der Waals surface area (Å²) in [6.07, 6.45) is -0.311. The third-order valence-electron chi connectivity index (χ3n) is 4.74. The van der Waals surface area contributed by atoms with Crippen LogP contribution in [0, 0.1) is 6.92 Å². The van der Waals surface area contributed by atoms with Gasteiger partial charge in [-0.15, -0.1) is 10.2 Å². The van der Waals surface area contributed by atoms with E-state index in [4.69, 9.17) is 16.3 Å². The van der Waals surface area contributed by atoms with Gasteiger partial charge in [0.05, 0.1) is 16.0 Å². The standard InChI is InChI=1S/C22H22ClN5O2S2/c1-4-28-20(14(3)30-15-9-10-16(23)13(2)11-15)26-27-22(28)31-12-19(29)25-21-24-17-7-5-6-8-18(17)32-21/h5-11,14H,4,12H2,1-3H3,(H,24,25,29). The molecule has 1 N–H and O–H groups in total. The Morgan fingerprint density at radius 2 is 2.09 bits per heavy atom. The molecule has 7 nitrogen and oxygen atoms in total. The SMILES string of the molecule is CCn1c(SCC(=O)Nc2nc3ccccc3s2)nnc1C(C)Oc1ccc(Cl)c(C)c1. The molecule has 4 aromatic rings. The number of aryl methyl sites for hydroxylation is 1. The Labute approximate surface area is 199 Å². The molecule has 0 spiro atoms. The van der Waals surface area contributed by atoms with Crippen LogP contribution in [-0.2, 0) is 11.3 Å². The summed E-state index contributed by atoms with van der Waals surface area (Å²) in [4.78, 5) is 16.9. The number of rotatable bonds is 8. The Kier molecular flexibility index (Phi) is 6.98. The van der Waals surface area contributed by atoms with E-state index in [0.717, 1.165) is 21.5 Å². The lowest BCUT2D eigenvalue weighted by molar-refractivity contribution is -0.113. The second-order valence-corrected chi connectivity index (χ2v) is 9.46. The Morgan fingerprint density at radius 3 is 2.84 bits per heavy atom. The number of para-hydroxylation sites is 1. The van der Waals surface area contributed by atoms with E-state index >= 15 is 0 Å². The van der Waals surface area contributed by atoms with E-state index < -0.39 is 0 Å². The number of thiazole rings is 1. The monoisotopic (exact) mass is 487 g/mol. The molecule has 0 saturated heterocycles. The van der Waals surface area contributed by atoms with Crippen molar-refractivity contribution >= 4 is 56.0 Å². The zero-order valence-electron chi connectivity index (χ0n) is 17.8. The zero-order valence-corrected chi connectivity index (χ0v) is 20.2. The van der Waals surface area contributed by atoms with Crippen molar-refractivity contribution in [3.8, 4) is 5.75 Å². The summed E-state index contributed by atoms with van der Waals surface area (Å²) < 4.78 is 9.05. The number of ether oxygens (including phenoxy) is 1. The maximum atomic E-state index is 12.4. The topological polar surface area (TPSA) is 81.9 Å². The van der Waals surface area contributed by atoms with Gasteiger partial charge in [0.2, 0.25) is 5.91 Å². The van der Waals surface area contributed by atoms with Crippen molar-refractivity contribution in [2.24, 2.45) is 0 Å². The number of hydrogen-bond acceptors (Lipinski definition) is 7. The summed E-state index contributed by atoms with van der Waals surface area (Å²) in [6, 6.07) is 13.3. The first-order chi connectivity index (χ1) is 15.4. The van der Waals surface area contributed by atoms with E-state index in [2.05, 4.69) is 20.5 Å². The van der Waals surface area contributed by atoms with Crippen molar-refractivity contribution in [2.45, 2.75) is 38.6 Å². The fourth-order valence-corrected chi connectivity index (χ4v) is 4.97. The number of benzene rings is 2. The molecule has 2 aromatic carbocycles. The number of carbonyl (C=O) groups excluding carboxylic acids is 1. The van der Waals surface area contributed by atoms with Crippen molar-refractivity contribution < 1.29 is 9.53 Å². The molecule has 0 radical (unpaired) electrons. The Morgan fingerprint density at radius 1 is 1.28 bits per heavy atom. The van der Waals surface area contributed by atoms with E-state index in [9.17, 15) is 4.79 Å². The third kappa shape index (κ3) is 5.06. The summed E-state index contributed by atoms with van der Waals surface area (Å²) in [7, 11) is 0. The van der Waals surface area contributed by atoms with Crippen molar-refractivity contribution in [3.05, 3.63) is 58.9 Å². The second-order valence-electron chi connectivity index (χ2n) is 7.08. The lowest BCUT2D eigenvalue weighted by Gasteiger charge is -2.16. The summed E-state index contributed by atoms with van der Waals surface area (Å²) in [5.41, 5.74) is 1.82. The number of halogens is 1. The summed E-state index contributed by atoms with van der Waals surface area (Å²) in [5.74, 6) is 1.49. The highest BCUT2D eigenvalue weighted by molar-refractivity contribution is 7.99. The number of aromatic nitrogens is 4. The largest absolute Gasteiger partial charge is 0.483 e. The van der Waals surface area contributed by atoms with Crippen LogP contribution in [0.3, 0.4) is 0 Å². The van der Waals surface area contributed by atoms with Gasteiger partial charge >= 0.3 is 0 Å². The molecule has 0 aliphatic rings. The third-order valence-corrected chi connectivity index (χ3v) is 7.08. The van der Waals surface area contributed by atoms with Crippen LogP contribution in [0.4, 0.5) is 5.13 Å². The van der Waals surface area contributed by atoms with Gasteiger partial charge in [-0.3, -0.25) is 4.79 Å². The van der Waals surface area contributed by atoms with Crippen LogP contribution in [0.5, 0.6) is 5.75 Å². The molecule has 1 atom stereocenters. The Balaban J connectivity index is 1.39. The maximum absolute atomic E-state index is 12.4. The molecular weight excluding hydrogens is 466 g/mol. The predicted octanol–water partition coefficient (Wildman–Crippen LogP) is 5.74. The predicted molar refractivity (Wildman–Crippen MR) is 130 cm³/mol. The van der Waals surface area contributed by atoms with Gasteiger partial charge in [-0.1, -0.05) is 46.8 Å². The van der Waals surface area contributed by atoms with E-state index in [1.807, 2.05) is 67.8 Å². The maximum Gasteiger partial charge on any atom is 0.236 e. The van der Waals surface area contributed by atoms with Gasteiger partial charge in [0.25, 0.3) is 0 Å². The first-order valence-electron chi connectivity index (χ1n) is 10.1. The lowest BCUT2D eigenvalue weighted by atomic mass is 10.2. The van der Waals surface area contributed by atoms with Gasteiger partial charge in [0.15, 0.2) is 22.2 Å². The normalized spacial score (nSPS) is 12.1. The van der Waals surface area contributed by atoms with Gasteiger partial charge in [-0.25, -0.2) is 4.98 Å². The minimum atomic E-state index is -0.311. The molecule has 0 fully saturated rings. The molecule has 0 saturated carbocycles. The first kappa shape index (κ1) is 22.6. The number of nitrogens with zero attached hydrogens (tertiary/aromatic N) is 4. The van der Waals surface area contributed by atoms with Crippen LogP contribution in [-0.4, -0.2) is 31.4 Å². The molecule has 166 valence electrons. The fourth-order valence-electron chi connectivity index (χ4n) is 3.16. The van der Waals surface area contributed by atoms with Gasteiger partial charge in [-0.05, 0) is 56.7 Å². The van der Waals surface area contributed by atoms with Crippen molar-refractivity contribution in [2.75, 3.05) is 11.1 Å². The lowest BCUT2D eigenvalue weighted by Crippen LogP contribution is -2.15. The number of thioether (sulfide) groups is 1. The molecule has 10 heteroatoms. The van der Waals surface area contributed by atoms with Crippen molar-refractivity contribution in [1.82, 2.24) is 19.7 Å². The minimum absolute atomic E-state index is 0.137. The van der Waals surface area contributed by atoms with Crippen LogP contribution in [0.25, 0.3) is 10.2 Å². The van der Waals surface area contributed by atoms with Gasteiger partial charge < -0.3 is 14.6 Å². The molecule has 2 heterocycles. The number of nitrogens with one attached hydrogen (secondary N) is 1. The van der Waals surface area contributed by atoms with Crippen LogP contribution in [0.15, 0.2) is 47.6 Å². The number of hydrogen-bond donors (Lipinski definition) is 1. The van der Waals surface area contributed by atoms with E-state index in [-0.39, 0.29) is 17.8 Å². The van der Waals surface area contributed by atoms with Crippen LogP contribution in [0.1, 0.15) is 31.3 Å². The molecule has 1 amide bonds. The Bertz CT molecular complexity index is 1220. The van der Waals surface area contributed by atoms with E-state index in [1.165, 1.54) is 23.1 Å². The fraction of sp³-hybridized carbons (Fsp3) is 0.273. The molecule has 4 rings (SSSR count). The minimum Gasteiger partial charge on any atom is -0.483 e. The number of anilines is 1. The van der Waals surface area contributed by atoms with Gasteiger partial charge in [0, 0.05) is 11.6 Å². The number of amides is 1. The summed E-state index contributed by atoms with van der Waals surface area (Å²) in [5, 5.41) is 13.4. The number of fused-ring (bicyclic) bond motifs is 1. The molecule has 0 aliphatic heterocycles.